The lowest BCUT2D eigenvalue weighted by Gasteiger charge is -2.15. The van der Waals surface area contributed by atoms with Gasteiger partial charge >= 0.3 is 6.16 Å². The van der Waals surface area contributed by atoms with Crippen molar-refractivity contribution in [3.05, 3.63) is 76.9 Å². The molecule has 3 nitrogen and oxygen atoms in total. The second kappa shape index (κ2) is 8.18. The fraction of sp³-hybridized carbons (Fsp3) is 0.250. The molecule has 0 aliphatic rings. The van der Waals surface area contributed by atoms with Crippen molar-refractivity contribution in [2.24, 2.45) is 0 Å². The maximum Gasteiger partial charge on any atom is 0.509 e. The third-order valence-electron chi connectivity index (χ3n) is 3.36. The lowest BCUT2D eigenvalue weighted by atomic mass is 10.0. The van der Waals surface area contributed by atoms with E-state index < -0.39 is 12.3 Å². The predicted octanol–water partition coefficient (Wildman–Crippen LogP) is 5.23. The molecule has 0 radical (unpaired) electrons. The average Bonchev–Trinajstić information content (AvgIpc) is 2.52. The highest BCUT2D eigenvalue weighted by molar-refractivity contribution is 5.61. The van der Waals surface area contributed by atoms with Gasteiger partial charge in [0.15, 0.2) is 0 Å². The first-order valence-corrected chi connectivity index (χ1v) is 7.73. The summed E-state index contributed by atoms with van der Waals surface area (Å²) in [5.41, 5.74) is 4.28. The molecule has 0 saturated carbocycles. The molecule has 0 saturated heterocycles. The van der Waals surface area contributed by atoms with E-state index in [1.165, 1.54) is 5.56 Å². The van der Waals surface area contributed by atoms with E-state index in [1.54, 1.807) is 6.92 Å². The third kappa shape index (κ3) is 5.29. The Bertz CT molecular complexity index is 689. The molecule has 0 N–H and O–H groups in total. The van der Waals surface area contributed by atoms with Crippen LogP contribution in [0.15, 0.2) is 54.6 Å². The second-order valence-corrected chi connectivity index (χ2v) is 5.41. The van der Waals surface area contributed by atoms with E-state index in [-0.39, 0.29) is 0 Å². The van der Waals surface area contributed by atoms with E-state index in [9.17, 15) is 4.79 Å². The SMILES string of the molecule is CCOC(=O)OC(/C=C/c1cccc(C)c1)c1cccc(C)c1. The molecule has 3 heteroatoms. The van der Waals surface area contributed by atoms with Crippen molar-refractivity contribution in [1.82, 2.24) is 0 Å². The zero-order valence-electron chi connectivity index (χ0n) is 13.8. The zero-order chi connectivity index (χ0) is 16.7. The van der Waals surface area contributed by atoms with Gasteiger partial charge in [0, 0.05) is 0 Å². The van der Waals surface area contributed by atoms with Crippen LogP contribution in [0.4, 0.5) is 4.79 Å². The van der Waals surface area contributed by atoms with Crippen LogP contribution in [0, 0.1) is 13.8 Å². The largest absolute Gasteiger partial charge is 0.509 e. The minimum Gasteiger partial charge on any atom is -0.435 e. The number of carbonyl (C=O) groups excluding carboxylic acids is 1. The molecule has 0 amide bonds. The summed E-state index contributed by atoms with van der Waals surface area (Å²) in [6.45, 7) is 6.10. The fourth-order valence-corrected chi connectivity index (χ4v) is 2.29. The van der Waals surface area contributed by atoms with Gasteiger partial charge in [-0.2, -0.15) is 0 Å². The summed E-state index contributed by atoms with van der Waals surface area (Å²) in [7, 11) is 0. The summed E-state index contributed by atoms with van der Waals surface area (Å²) in [6.07, 6.45) is 2.70. The summed E-state index contributed by atoms with van der Waals surface area (Å²) >= 11 is 0. The van der Waals surface area contributed by atoms with Crippen LogP contribution in [0.2, 0.25) is 0 Å². The van der Waals surface area contributed by atoms with Gasteiger partial charge in [-0.15, -0.1) is 0 Å². The van der Waals surface area contributed by atoms with Crippen molar-refractivity contribution in [3.63, 3.8) is 0 Å². The monoisotopic (exact) mass is 310 g/mol. The van der Waals surface area contributed by atoms with Crippen molar-refractivity contribution < 1.29 is 14.3 Å². The van der Waals surface area contributed by atoms with Crippen molar-refractivity contribution in [3.8, 4) is 0 Å². The van der Waals surface area contributed by atoms with Gasteiger partial charge in [0.2, 0.25) is 0 Å². The van der Waals surface area contributed by atoms with Crippen molar-refractivity contribution in [1.29, 1.82) is 0 Å². The number of hydrogen-bond donors (Lipinski definition) is 0. The first kappa shape index (κ1) is 16.8. The summed E-state index contributed by atoms with van der Waals surface area (Å²) in [5, 5.41) is 0. The van der Waals surface area contributed by atoms with Crippen LogP contribution >= 0.6 is 0 Å². The molecule has 0 aliphatic heterocycles. The van der Waals surface area contributed by atoms with Gasteiger partial charge in [-0.25, -0.2) is 4.79 Å². The van der Waals surface area contributed by atoms with E-state index in [1.807, 2.05) is 68.5 Å². The zero-order valence-corrected chi connectivity index (χ0v) is 13.8. The lowest BCUT2D eigenvalue weighted by Crippen LogP contribution is -2.11. The predicted molar refractivity (Wildman–Crippen MR) is 92.2 cm³/mol. The summed E-state index contributed by atoms with van der Waals surface area (Å²) in [6, 6.07) is 16.0. The smallest absolute Gasteiger partial charge is 0.435 e. The quantitative estimate of drug-likeness (QED) is 0.709. The molecular formula is C20H22O3. The number of ether oxygens (including phenoxy) is 2. The Hall–Kier alpha value is -2.55. The maximum absolute atomic E-state index is 11.7. The fourth-order valence-electron chi connectivity index (χ4n) is 2.29. The summed E-state index contributed by atoms with van der Waals surface area (Å²) in [4.78, 5) is 11.7. The second-order valence-electron chi connectivity index (χ2n) is 5.41. The first-order chi connectivity index (χ1) is 11.1. The van der Waals surface area contributed by atoms with Crippen LogP contribution in [0.25, 0.3) is 6.08 Å². The highest BCUT2D eigenvalue weighted by Gasteiger charge is 2.14. The molecule has 0 spiro atoms. The van der Waals surface area contributed by atoms with Gasteiger partial charge < -0.3 is 9.47 Å². The molecular weight excluding hydrogens is 288 g/mol. The Kier molecular flexibility index (Phi) is 5.98. The molecule has 2 aromatic carbocycles. The number of rotatable bonds is 5. The van der Waals surface area contributed by atoms with Crippen molar-refractivity contribution >= 4 is 12.2 Å². The maximum atomic E-state index is 11.7. The Morgan fingerprint density at radius 2 is 1.78 bits per heavy atom. The lowest BCUT2D eigenvalue weighted by molar-refractivity contribution is 0.0403. The van der Waals surface area contributed by atoms with Gasteiger partial charge in [-0.3, -0.25) is 0 Å². The highest BCUT2D eigenvalue weighted by Crippen LogP contribution is 2.22. The number of carbonyl (C=O) groups is 1. The Morgan fingerprint density at radius 3 is 2.43 bits per heavy atom. The van der Waals surface area contributed by atoms with E-state index in [2.05, 4.69) is 6.07 Å². The Balaban J connectivity index is 2.24. The molecule has 1 atom stereocenters. The highest BCUT2D eigenvalue weighted by atomic mass is 16.7. The first-order valence-electron chi connectivity index (χ1n) is 7.73. The summed E-state index contributed by atoms with van der Waals surface area (Å²) < 4.78 is 10.3. The molecule has 0 bridgehead atoms. The van der Waals surface area contributed by atoms with E-state index in [4.69, 9.17) is 9.47 Å². The normalized spacial score (nSPS) is 12.1. The Labute approximate surface area is 137 Å². The molecule has 120 valence electrons. The van der Waals surface area contributed by atoms with Crippen molar-refractivity contribution in [2.75, 3.05) is 6.61 Å². The van der Waals surface area contributed by atoms with Gasteiger partial charge in [-0.1, -0.05) is 65.7 Å². The molecule has 2 rings (SSSR count). The number of benzene rings is 2. The van der Waals surface area contributed by atoms with Crippen LogP contribution in [-0.2, 0) is 9.47 Å². The van der Waals surface area contributed by atoms with Gasteiger partial charge in [-0.05, 0) is 38.0 Å². The molecule has 0 fully saturated rings. The average molecular weight is 310 g/mol. The van der Waals surface area contributed by atoms with Crippen LogP contribution in [0.3, 0.4) is 0 Å². The summed E-state index contributed by atoms with van der Waals surface area (Å²) in [5.74, 6) is 0. The van der Waals surface area contributed by atoms with Crippen LogP contribution < -0.4 is 0 Å². The van der Waals surface area contributed by atoms with Crippen LogP contribution in [0.5, 0.6) is 0 Å². The number of aryl methyl sites for hydroxylation is 2. The molecule has 2 aromatic rings. The van der Waals surface area contributed by atoms with Crippen LogP contribution in [-0.4, -0.2) is 12.8 Å². The Morgan fingerprint density at radius 1 is 1.09 bits per heavy atom. The van der Waals surface area contributed by atoms with E-state index >= 15 is 0 Å². The van der Waals surface area contributed by atoms with Gasteiger partial charge in [0.25, 0.3) is 0 Å². The van der Waals surface area contributed by atoms with Crippen molar-refractivity contribution in [2.45, 2.75) is 26.9 Å². The molecule has 0 aromatic heterocycles. The molecule has 0 heterocycles. The third-order valence-corrected chi connectivity index (χ3v) is 3.36. The topological polar surface area (TPSA) is 35.5 Å². The minimum atomic E-state index is -0.659. The molecule has 0 aliphatic carbocycles. The number of hydrogen-bond acceptors (Lipinski definition) is 3. The standard InChI is InChI=1S/C20H22O3/c1-4-22-20(21)23-19(18-10-6-8-16(3)14-18)12-11-17-9-5-7-15(2)13-17/h5-14,19H,4H2,1-3H3/b12-11+. The van der Waals surface area contributed by atoms with Crippen LogP contribution in [0.1, 0.15) is 35.3 Å². The van der Waals surface area contributed by atoms with Gasteiger partial charge in [0.1, 0.15) is 6.10 Å². The van der Waals surface area contributed by atoms with E-state index in [0.717, 1.165) is 16.7 Å². The minimum absolute atomic E-state index is 0.293. The van der Waals surface area contributed by atoms with Gasteiger partial charge in [0.05, 0.1) is 6.61 Å². The molecule has 23 heavy (non-hydrogen) atoms. The molecule has 1 unspecified atom stereocenters. The van der Waals surface area contributed by atoms with E-state index in [0.29, 0.717) is 6.61 Å².